The zero-order valence-electron chi connectivity index (χ0n) is 13.7. The fourth-order valence-corrected chi connectivity index (χ4v) is 3.57. The van der Waals surface area contributed by atoms with Crippen LogP contribution < -0.4 is 4.74 Å². The standard InChI is InChI=1S/C18H22N2O3S/c1-23-15-6-4-14(5-7-15)18(22)20-10-8-19(9-11-20)13-16(21)17-3-2-12-24-17/h2-7,12,16,21H,8-11,13H2,1H3/t16-/m1/s1. The number of thiophene rings is 1. The highest BCUT2D eigenvalue weighted by Gasteiger charge is 2.24. The van der Waals surface area contributed by atoms with Crippen molar-refractivity contribution in [3.05, 3.63) is 52.2 Å². The first-order valence-electron chi connectivity index (χ1n) is 8.04. The van der Waals surface area contributed by atoms with Crippen LogP contribution in [0.1, 0.15) is 21.3 Å². The fourth-order valence-electron chi connectivity index (χ4n) is 2.87. The molecule has 0 radical (unpaired) electrons. The molecule has 1 atom stereocenters. The Morgan fingerprint density at radius 1 is 1.21 bits per heavy atom. The summed E-state index contributed by atoms with van der Waals surface area (Å²) < 4.78 is 5.12. The van der Waals surface area contributed by atoms with Gasteiger partial charge in [-0.3, -0.25) is 9.69 Å². The van der Waals surface area contributed by atoms with E-state index < -0.39 is 6.10 Å². The number of amides is 1. The number of hydrogen-bond acceptors (Lipinski definition) is 5. The van der Waals surface area contributed by atoms with Gasteiger partial charge in [0.1, 0.15) is 11.9 Å². The normalized spacial score (nSPS) is 16.8. The first-order chi connectivity index (χ1) is 11.7. The molecular formula is C18H22N2O3S. The number of piperazine rings is 1. The highest BCUT2D eigenvalue weighted by Crippen LogP contribution is 2.20. The minimum absolute atomic E-state index is 0.0520. The number of ether oxygens (including phenoxy) is 1. The zero-order valence-corrected chi connectivity index (χ0v) is 14.5. The molecule has 1 amide bonds. The van der Waals surface area contributed by atoms with Crippen molar-refractivity contribution in [2.75, 3.05) is 39.8 Å². The monoisotopic (exact) mass is 346 g/mol. The van der Waals surface area contributed by atoms with E-state index in [1.165, 1.54) is 0 Å². The molecule has 1 fully saturated rings. The van der Waals surface area contributed by atoms with Crippen LogP contribution in [0.5, 0.6) is 5.75 Å². The Hall–Kier alpha value is -1.89. The van der Waals surface area contributed by atoms with Gasteiger partial charge in [0.05, 0.1) is 7.11 Å². The van der Waals surface area contributed by atoms with Gasteiger partial charge in [0.25, 0.3) is 5.91 Å². The first kappa shape index (κ1) is 17.0. The minimum atomic E-state index is -0.450. The predicted molar refractivity (Wildman–Crippen MR) is 94.6 cm³/mol. The maximum absolute atomic E-state index is 12.5. The summed E-state index contributed by atoms with van der Waals surface area (Å²) in [6.45, 7) is 3.55. The van der Waals surface area contributed by atoms with Gasteiger partial charge in [0, 0.05) is 43.2 Å². The average molecular weight is 346 g/mol. The molecule has 5 nitrogen and oxygen atoms in total. The lowest BCUT2D eigenvalue weighted by atomic mass is 10.1. The summed E-state index contributed by atoms with van der Waals surface area (Å²) in [5.41, 5.74) is 0.683. The lowest BCUT2D eigenvalue weighted by Crippen LogP contribution is -2.49. The van der Waals surface area contributed by atoms with Gasteiger partial charge in [0.15, 0.2) is 0 Å². The molecule has 1 saturated heterocycles. The van der Waals surface area contributed by atoms with Crippen LogP contribution >= 0.6 is 11.3 Å². The molecule has 24 heavy (non-hydrogen) atoms. The van der Waals surface area contributed by atoms with E-state index in [1.807, 2.05) is 22.4 Å². The first-order valence-corrected chi connectivity index (χ1v) is 8.92. The minimum Gasteiger partial charge on any atom is -0.497 e. The molecule has 2 heterocycles. The van der Waals surface area contributed by atoms with Gasteiger partial charge in [0.2, 0.25) is 0 Å². The van der Waals surface area contributed by atoms with E-state index in [4.69, 9.17) is 4.74 Å². The van der Waals surface area contributed by atoms with Gasteiger partial charge in [-0.15, -0.1) is 11.3 Å². The van der Waals surface area contributed by atoms with Crippen LogP contribution in [0.2, 0.25) is 0 Å². The van der Waals surface area contributed by atoms with Crippen LogP contribution in [-0.4, -0.2) is 60.6 Å². The largest absolute Gasteiger partial charge is 0.497 e. The maximum Gasteiger partial charge on any atom is 0.253 e. The third-order valence-electron chi connectivity index (χ3n) is 4.30. The second-order valence-corrected chi connectivity index (χ2v) is 6.83. The summed E-state index contributed by atoms with van der Waals surface area (Å²) in [6.07, 6.45) is -0.450. The molecule has 0 spiro atoms. The number of methoxy groups -OCH3 is 1. The van der Waals surface area contributed by atoms with E-state index in [-0.39, 0.29) is 5.91 Å². The van der Waals surface area contributed by atoms with Crippen molar-refractivity contribution in [2.45, 2.75) is 6.10 Å². The van der Waals surface area contributed by atoms with Crippen LogP contribution in [0.3, 0.4) is 0 Å². The van der Waals surface area contributed by atoms with Gasteiger partial charge in [-0.2, -0.15) is 0 Å². The molecule has 0 unspecified atom stereocenters. The van der Waals surface area contributed by atoms with Crippen molar-refractivity contribution in [3.8, 4) is 5.75 Å². The Morgan fingerprint density at radius 3 is 2.50 bits per heavy atom. The lowest BCUT2D eigenvalue weighted by Gasteiger charge is -2.35. The zero-order chi connectivity index (χ0) is 16.9. The number of carbonyl (C=O) groups excluding carboxylic acids is 1. The molecule has 1 N–H and O–H groups in total. The molecule has 1 aliphatic rings. The Kier molecular flexibility index (Phi) is 5.50. The molecule has 1 aromatic heterocycles. The Balaban J connectivity index is 1.51. The number of carbonyl (C=O) groups is 1. The van der Waals surface area contributed by atoms with Gasteiger partial charge in [-0.25, -0.2) is 0 Å². The number of β-amino-alcohol motifs (C(OH)–C–C–N with tert-alkyl or cyclic N) is 1. The van der Waals surface area contributed by atoms with Crippen LogP contribution in [0.25, 0.3) is 0 Å². The number of rotatable bonds is 5. The molecule has 0 bridgehead atoms. The van der Waals surface area contributed by atoms with Crippen molar-refractivity contribution in [1.82, 2.24) is 9.80 Å². The molecule has 3 rings (SSSR count). The number of aliphatic hydroxyl groups excluding tert-OH is 1. The van der Waals surface area contributed by atoms with Gasteiger partial charge >= 0.3 is 0 Å². The number of aliphatic hydroxyl groups is 1. The second-order valence-electron chi connectivity index (χ2n) is 5.85. The molecule has 0 aliphatic carbocycles. The van der Waals surface area contributed by atoms with Crippen LogP contribution in [0.4, 0.5) is 0 Å². The molecule has 128 valence electrons. The average Bonchev–Trinajstić information content (AvgIpc) is 3.17. The van der Waals surface area contributed by atoms with Gasteiger partial charge in [-0.1, -0.05) is 6.07 Å². The molecule has 1 aliphatic heterocycles. The highest BCUT2D eigenvalue weighted by atomic mass is 32.1. The number of nitrogens with zero attached hydrogens (tertiary/aromatic N) is 2. The maximum atomic E-state index is 12.5. The van der Waals surface area contributed by atoms with Gasteiger partial charge in [-0.05, 0) is 35.7 Å². The van der Waals surface area contributed by atoms with E-state index in [0.717, 1.165) is 23.7 Å². The third-order valence-corrected chi connectivity index (χ3v) is 5.27. The second kappa shape index (κ2) is 7.79. The molecule has 6 heteroatoms. The summed E-state index contributed by atoms with van der Waals surface area (Å²) in [5.74, 6) is 0.801. The van der Waals surface area contributed by atoms with E-state index >= 15 is 0 Å². The Labute approximate surface area is 146 Å². The van der Waals surface area contributed by atoms with Crippen molar-refractivity contribution >= 4 is 17.2 Å². The summed E-state index contributed by atoms with van der Waals surface area (Å²) in [5, 5.41) is 12.2. The van der Waals surface area contributed by atoms with E-state index in [2.05, 4.69) is 4.90 Å². The predicted octanol–water partition coefficient (Wildman–Crippen LogP) is 2.25. The number of hydrogen-bond donors (Lipinski definition) is 1. The third kappa shape index (κ3) is 3.95. The quantitative estimate of drug-likeness (QED) is 0.902. The molecule has 0 saturated carbocycles. The van der Waals surface area contributed by atoms with E-state index in [1.54, 1.807) is 42.7 Å². The van der Waals surface area contributed by atoms with Crippen molar-refractivity contribution in [2.24, 2.45) is 0 Å². The molecular weight excluding hydrogens is 324 g/mol. The molecule has 1 aromatic carbocycles. The summed E-state index contributed by atoms with van der Waals surface area (Å²) in [6, 6.07) is 11.1. The van der Waals surface area contributed by atoms with E-state index in [0.29, 0.717) is 25.2 Å². The van der Waals surface area contributed by atoms with Crippen molar-refractivity contribution in [1.29, 1.82) is 0 Å². The smallest absolute Gasteiger partial charge is 0.253 e. The van der Waals surface area contributed by atoms with E-state index in [9.17, 15) is 9.90 Å². The summed E-state index contributed by atoms with van der Waals surface area (Å²) in [7, 11) is 1.61. The summed E-state index contributed by atoms with van der Waals surface area (Å²) in [4.78, 5) is 17.6. The van der Waals surface area contributed by atoms with Gasteiger partial charge < -0.3 is 14.7 Å². The highest BCUT2D eigenvalue weighted by molar-refractivity contribution is 7.10. The van der Waals surface area contributed by atoms with Crippen LogP contribution in [-0.2, 0) is 0 Å². The number of benzene rings is 1. The fraction of sp³-hybridized carbons (Fsp3) is 0.389. The molecule has 2 aromatic rings. The Morgan fingerprint density at radius 2 is 1.92 bits per heavy atom. The topological polar surface area (TPSA) is 53.0 Å². The SMILES string of the molecule is COc1ccc(C(=O)N2CCN(C[C@@H](O)c3cccs3)CC2)cc1. The summed E-state index contributed by atoms with van der Waals surface area (Å²) >= 11 is 1.57. The Bertz CT molecular complexity index is 649. The van der Waals surface area contributed by atoms with Crippen molar-refractivity contribution in [3.63, 3.8) is 0 Å². The van der Waals surface area contributed by atoms with Crippen LogP contribution in [0, 0.1) is 0 Å². The van der Waals surface area contributed by atoms with Crippen molar-refractivity contribution < 1.29 is 14.6 Å². The van der Waals surface area contributed by atoms with Crippen LogP contribution in [0.15, 0.2) is 41.8 Å². The lowest BCUT2D eigenvalue weighted by molar-refractivity contribution is 0.0533.